The fraction of sp³-hybridized carbons (Fsp3) is 0.318. The Morgan fingerprint density at radius 3 is 2.14 bits per heavy atom. The number of hydrogen-bond acceptors (Lipinski definition) is 9. The molecule has 1 amide bonds. The molecule has 0 saturated carbocycles. The number of esters is 2. The Hall–Kier alpha value is -3.19. The molecule has 13 heteroatoms. The summed E-state index contributed by atoms with van der Waals surface area (Å²) in [4.78, 5) is 36.2. The van der Waals surface area contributed by atoms with Crippen LogP contribution >= 0.6 is 11.6 Å². The third kappa shape index (κ3) is 6.48. The van der Waals surface area contributed by atoms with E-state index in [1.807, 2.05) is 0 Å². The largest absolute Gasteiger partial charge is 0.482 e. The van der Waals surface area contributed by atoms with Gasteiger partial charge in [-0.1, -0.05) is 11.6 Å². The highest BCUT2D eigenvalue weighted by atomic mass is 35.5. The number of morpholine rings is 1. The highest BCUT2D eigenvalue weighted by molar-refractivity contribution is 7.89. The third-order valence-corrected chi connectivity index (χ3v) is 7.12. The first-order valence-corrected chi connectivity index (χ1v) is 12.1. The normalized spacial score (nSPS) is 14.1. The van der Waals surface area contributed by atoms with E-state index >= 15 is 0 Å². The van der Waals surface area contributed by atoms with Crippen molar-refractivity contribution in [3.05, 3.63) is 52.5 Å². The molecule has 0 atom stereocenters. The minimum Gasteiger partial charge on any atom is -0.482 e. The van der Waals surface area contributed by atoms with E-state index in [1.54, 1.807) is 0 Å². The van der Waals surface area contributed by atoms with Gasteiger partial charge in [-0.25, -0.2) is 18.0 Å². The first-order chi connectivity index (χ1) is 16.6. The van der Waals surface area contributed by atoms with E-state index in [-0.39, 0.29) is 45.6 Å². The van der Waals surface area contributed by atoms with Gasteiger partial charge in [-0.2, -0.15) is 4.31 Å². The molecule has 0 aliphatic carbocycles. The Morgan fingerprint density at radius 1 is 1.00 bits per heavy atom. The number of ether oxygens (including phenoxy) is 4. The third-order valence-electron chi connectivity index (χ3n) is 4.93. The Kier molecular flexibility index (Phi) is 8.67. The minimum absolute atomic E-state index is 0.00355. The number of nitrogens with zero attached hydrogens (tertiary/aromatic N) is 1. The fourth-order valence-electron chi connectivity index (χ4n) is 3.21. The molecule has 0 aromatic heterocycles. The molecule has 0 unspecified atom stereocenters. The lowest BCUT2D eigenvalue weighted by atomic mass is 10.1. The Morgan fingerprint density at radius 2 is 1.60 bits per heavy atom. The van der Waals surface area contributed by atoms with Crippen molar-refractivity contribution >= 4 is 45.2 Å². The van der Waals surface area contributed by atoms with E-state index < -0.39 is 34.5 Å². The molecule has 11 nitrogen and oxygen atoms in total. The summed E-state index contributed by atoms with van der Waals surface area (Å²) in [5, 5.41) is 2.52. The topological polar surface area (TPSA) is 138 Å². The number of nitrogens with one attached hydrogen (secondary N) is 1. The van der Waals surface area contributed by atoms with Crippen molar-refractivity contribution < 1.29 is 41.7 Å². The molecule has 0 spiro atoms. The van der Waals surface area contributed by atoms with Crippen LogP contribution in [0.2, 0.25) is 5.02 Å². The van der Waals surface area contributed by atoms with Crippen LogP contribution in [0.4, 0.5) is 5.69 Å². The number of halogens is 1. The average molecular weight is 527 g/mol. The van der Waals surface area contributed by atoms with Crippen LogP contribution in [0.25, 0.3) is 0 Å². The summed E-state index contributed by atoms with van der Waals surface area (Å²) >= 11 is 6.19. The summed E-state index contributed by atoms with van der Waals surface area (Å²) < 4.78 is 46.7. The number of hydrogen-bond donors (Lipinski definition) is 1. The molecule has 1 N–H and O–H groups in total. The lowest BCUT2D eigenvalue weighted by Gasteiger charge is -2.26. The number of amides is 1. The van der Waals surface area contributed by atoms with Gasteiger partial charge in [0.15, 0.2) is 6.61 Å². The van der Waals surface area contributed by atoms with Crippen molar-refractivity contribution in [3.63, 3.8) is 0 Å². The second-order valence-electron chi connectivity index (χ2n) is 7.23. The Balaban J connectivity index is 1.69. The average Bonchev–Trinajstić information content (AvgIpc) is 2.87. The highest BCUT2D eigenvalue weighted by Gasteiger charge is 2.27. The number of anilines is 1. The zero-order valence-electron chi connectivity index (χ0n) is 18.9. The first kappa shape index (κ1) is 26.4. The monoisotopic (exact) mass is 526 g/mol. The van der Waals surface area contributed by atoms with Gasteiger partial charge in [-0.05, 0) is 36.4 Å². The SMILES string of the molecule is COC(=O)c1cc(NC(=O)COc2ccc(S(=O)(=O)N3CCOCC3)cc2Cl)cc(C(=O)OC)c1. The summed E-state index contributed by atoms with van der Waals surface area (Å²) in [6.07, 6.45) is 0. The van der Waals surface area contributed by atoms with Crippen molar-refractivity contribution in [2.24, 2.45) is 0 Å². The van der Waals surface area contributed by atoms with Gasteiger partial charge in [0.25, 0.3) is 5.91 Å². The van der Waals surface area contributed by atoms with Gasteiger partial charge < -0.3 is 24.3 Å². The van der Waals surface area contributed by atoms with Crippen molar-refractivity contribution in [3.8, 4) is 5.75 Å². The van der Waals surface area contributed by atoms with Gasteiger partial charge in [0.2, 0.25) is 10.0 Å². The second kappa shape index (κ2) is 11.5. The van der Waals surface area contributed by atoms with E-state index in [9.17, 15) is 22.8 Å². The number of benzene rings is 2. The second-order valence-corrected chi connectivity index (χ2v) is 9.57. The molecule has 1 heterocycles. The van der Waals surface area contributed by atoms with Crippen molar-refractivity contribution in [2.75, 3.05) is 52.4 Å². The number of methoxy groups -OCH3 is 2. The zero-order chi connectivity index (χ0) is 25.6. The molecule has 1 saturated heterocycles. The zero-order valence-corrected chi connectivity index (χ0v) is 20.5. The molecule has 35 heavy (non-hydrogen) atoms. The van der Waals surface area contributed by atoms with E-state index in [4.69, 9.17) is 21.1 Å². The van der Waals surface area contributed by atoms with Crippen molar-refractivity contribution in [1.29, 1.82) is 0 Å². The molecule has 2 aromatic rings. The van der Waals surface area contributed by atoms with Crippen LogP contribution in [0.5, 0.6) is 5.75 Å². The number of rotatable bonds is 8. The molecule has 2 aromatic carbocycles. The van der Waals surface area contributed by atoms with Gasteiger partial charge in [-0.15, -0.1) is 0 Å². The van der Waals surface area contributed by atoms with Gasteiger partial charge >= 0.3 is 11.9 Å². The van der Waals surface area contributed by atoms with E-state index in [1.165, 1.54) is 54.9 Å². The minimum atomic E-state index is -3.74. The molecule has 1 fully saturated rings. The summed E-state index contributed by atoms with van der Waals surface area (Å²) in [5.74, 6) is -1.94. The van der Waals surface area contributed by atoms with E-state index in [2.05, 4.69) is 14.8 Å². The van der Waals surface area contributed by atoms with Crippen LogP contribution in [0.1, 0.15) is 20.7 Å². The van der Waals surface area contributed by atoms with Crippen LogP contribution < -0.4 is 10.1 Å². The molecular weight excluding hydrogens is 504 g/mol. The molecule has 1 aliphatic rings. The summed E-state index contributed by atoms with van der Waals surface area (Å²) in [7, 11) is -1.38. The number of sulfonamides is 1. The summed E-state index contributed by atoms with van der Waals surface area (Å²) in [6.45, 7) is 0.631. The quantitative estimate of drug-likeness (QED) is 0.511. The van der Waals surface area contributed by atoms with E-state index in [0.29, 0.717) is 13.2 Å². The number of carbonyl (C=O) groups excluding carboxylic acids is 3. The molecule has 1 aliphatic heterocycles. The Bertz CT molecular complexity index is 1190. The smallest absolute Gasteiger partial charge is 0.337 e. The maximum Gasteiger partial charge on any atom is 0.337 e. The van der Waals surface area contributed by atoms with Crippen LogP contribution in [0.15, 0.2) is 41.3 Å². The molecule has 0 bridgehead atoms. The molecular formula is C22H23ClN2O9S. The van der Waals surface area contributed by atoms with E-state index in [0.717, 1.165) is 0 Å². The molecule has 3 rings (SSSR count). The maximum atomic E-state index is 12.8. The van der Waals surface area contributed by atoms with Crippen molar-refractivity contribution in [1.82, 2.24) is 4.31 Å². The fourth-order valence-corrected chi connectivity index (χ4v) is 4.94. The van der Waals surface area contributed by atoms with Crippen molar-refractivity contribution in [2.45, 2.75) is 4.90 Å². The lowest BCUT2D eigenvalue weighted by molar-refractivity contribution is -0.118. The molecule has 188 valence electrons. The maximum absolute atomic E-state index is 12.8. The standard InChI is InChI=1S/C22H23ClN2O9S/c1-31-21(27)14-9-15(22(28)32-2)11-16(10-14)24-20(26)13-34-19-4-3-17(12-18(19)23)35(29,30)25-5-7-33-8-6-25/h3-4,9-12H,5-8,13H2,1-2H3,(H,24,26). The van der Waals surface area contributed by atoms with Crippen LogP contribution in [0.3, 0.4) is 0 Å². The van der Waals surface area contributed by atoms with Crippen LogP contribution in [-0.4, -0.2) is 77.7 Å². The molecule has 0 radical (unpaired) electrons. The predicted octanol–water partition coefficient (Wildman–Crippen LogP) is 1.95. The van der Waals surface area contributed by atoms with Gasteiger partial charge in [0.05, 0.1) is 48.5 Å². The number of carbonyl (C=O) groups is 3. The first-order valence-electron chi connectivity index (χ1n) is 10.3. The van der Waals surface area contributed by atoms with Crippen LogP contribution in [-0.2, 0) is 29.0 Å². The Labute approximate surface area is 206 Å². The van der Waals surface area contributed by atoms with Gasteiger partial charge in [0, 0.05) is 18.8 Å². The summed E-state index contributed by atoms with van der Waals surface area (Å²) in [6, 6.07) is 7.88. The lowest BCUT2D eigenvalue weighted by Crippen LogP contribution is -2.40. The highest BCUT2D eigenvalue weighted by Crippen LogP contribution is 2.29. The predicted molar refractivity (Wildman–Crippen MR) is 124 cm³/mol. The van der Waals surface area contributed by atoms with Crippen LogP contribution in [0, 0.1) is 0 Å². The van der Waals surface area contributed by atoms with Gasteiger partial charge in [0.1, 0.15) is 5.75 Å². The summed E-state index contributed by atoms with van der Waals surface area (Å²) in [5.41, 5.74) is 0.207. The van der Waals surface area contributed by atoms with Gasteiger partial charge in [-0.3, -0.25) is 4.79 Å².